The van der Waals surface area contributed by atoms with E-state index in [4.69, 9.17) is 0 Å². The topological polar surface area (TPSA) is 47.8 Å². The fourth-order valence-electron chi connectivity index (χ4n) is 1.49. The summed E-state index contributed by atoms with van der Waals surface area (Å²) >= 11 is 3.16. The predicted molar refractivity (Wildman–Crippen MR) is 64.2 cm³/mol. The van der Waals surface area contributed by atoms with Gasteiger partial charge in [0.15, 0.2) is 12.1 Å². The zero-order valence-corrected chi connectivity index (χ0v) is 10.6. The van der Waals surface area contributed by atoms with Crippen LogP contribution >= 0.6 is 15.9 Å². The molecule has 0 atom stereocenters. The molecule has 0 bridgehead atoms. The SMILES string of the molecule is CCn1cc(C=O)c(-c2cc(Br)ncc2F)n1. The summed E-state index contributed by atoms with van der Waals surface area (Å²) < 4.78 is 15.7. The Morgan fingerprint density at radius 2 is 2.35 bits per heavy atom. The van der Waals surface area contributed by atoms with Crippen molar-refractivity contribution in [3.8, 4) is 11.3 Å². The van der Waals surface area contributed by atoms with Gasteiger partial charge in [-0.3, -0.25) is 9.48 Å². The summed E-state index contributed by atoms with van der Waals surface area (Å²) in [7, 11) is 0. The summed E-state index contributed by atoms with van der Waals surface area (Å²) in [6.07, 6.45) is 3.36. The summed E-state index contributed by atoms with van der Waals surface area (Å²) in [6, 6.07) is 1.50. The lowest BCUT2D eigenvalue weighted by atomic mass is 10.1. The number of aryl methyl sites for hydroxylation is 1. The maximum absolute atomic E-state index is 13.6. The molecule has 2 rings (SSSR count). The number of carbonyl (C=O) groups excluding carboxylic acids is 1. The first-order chi connectivity index (χ1) is 8.15. The molecule has 0 fully saturated rings. The van der Waals surface area contributed by atoms with Gasteiger partial charge in [0.2, 0.25) is 0 Å². The van der Waals surface area contributed by atoms with Crippen molar-refractivity contribution in [3.05, 3.63) is 34.4 Å². The van der Waals surface area contributed by atoms with Gasteiger partial charge < -0.3 is 0 Å². The van der Waals surface area contributed by atoms with E-state index in [0.717, 1.165) is 6.20 Å². The highest BCUT2D eigenvalue weighted by Gasteiger charge is 2.15. The average Bonchev–Trinajstić information content (AvgIpc) is 2.75. The van der Waals surface area contributed by atoms with E-state index in [0.29, 0.717) is 28.7 Å². The van der Waals surface area contributed by atoms with Gasteiger partial charge in [0.25, 0.3) is 0 Å². The van der Waals surface area contributed by atoms with E-state index >= 15 is 0 Å². The van der Waals surface area contributed by atoms with Gasteiger partial charge in [-0.15, -0.1) is 0 Å². The van der Waals surface area contributed by atoms with Gasteiger partial charge in [0.1, 0.15) is 10.3 Å². The molecule has 6 heteroatoms. The first-order valence-electron chi connectivity index (χ1n) is 4.99. The molecule has 88 valence electrons. The second-order valence-corrected chi connectivity index (χ2v) is 4.21. The monoisotopic (exact) mass is 297 g/mol. The summed E-state index contributed by atoms with van der Waals surface area (Å²) in [5.74, 6) is -0.502. The Hall–Kier alpha value is -1.56. The van der Waals surface area contributed by atoms with Crippen LogP contribution in [0.2, 0.25) is 0 Å². The van der Waals surface area contributed by atoms with Gasteiger partial charge in [-0.1, -0.05) is 0 Å². The van der Waals surface area contributed by atoms with Gasteiger partial charge in [-0.25, -0.2) is 9.37 Å². The standard InChI is InChI=1S/C11H9BrFN3O/c1-2-16-5-7(6-17)11(15-16)8-3-10(12)14-4-9(8)13/h3-6H,2H2,1H3. The van der Waals surface area contributed by atoms with Crippen LogP contribution in [0.1, 0.15) is 17.3 Å². The highest BCUT2D eigenvalue weighted by atomic mass is 79.9. The van der Waals surface area contributed by atoms with E-state index < -0.39 is 5.82 Å². The third-order valence-corrected chi connectivity index (χ3v) is 2.75. The molecule has 0 aromatic carbocycles. The molecular weight excluding hydrogens is 289 g/mol. The van der Waals surface area contributed by atoms with Crippen LogP contribution in [0.5, 0.6) is 0 Å². The Morgan fingerprint density at radius 3 is 3.00 bits per heavy atom. The fourth-order valence-corrected chi connectivity index (χ4v) is 1.82. The lowest BCUT2D eigenvalue weighted by Crippen LogP contribution is -1.95. The van der Waals surface area contributed by atoms with Gasteiger partial charge >= 0.3 is 0 Å². The van der Waals surface area contributed by atoms with Gasteiger partial charge in [0, 0.05) is 18.3 Å². The maximum Gasteiger partial charge on any atom is 0.153 e. The number of pyridine rings is 1. The van der Waals surface area contributed by atoms with Crippen LogP contribution in [-0.4, -0.2) is 21.1 Å². The third kappa shape index (κ3) is 2.26. The van der Waals surface area contributed by atoms with E-state index in [-0.39, 0.29) is 5.56 Å². The number of hydrogen-bond donors (Lipinski definition) is 0. The van der Waals surface area contributed by atoms with Crippen LogP contribution in [0.25, 0.3) is 11.3 Å². The number of aldehydes is 1. The van der Waals surface area contributed by atoms with Crippen molar-refractivity contribution < 1.29 is 9.18 Å². The smallest absolute Gasteiger partial charge is 0.153 e. The normalized spacial score (nSPS) is 10.5. The molecule has 4 nitrogen and oxygen atoms in total. The van der Waals surface area contributed by atoms with Gasteiger partial charge in [-0.2, -0.15) is 5.10 Å². The average molecular weight is 298 g/mol. The highest BCUT2D eigenvalue weighted by Crippen LogP contribution is 2.25. The van der Waals surface area contributed by atoms with E-state index in [9.17, 15) is 9.18 Å². The lowest BCUT2D eigenvalue weighted by Gasteiger charge is -2.00. The minimum absolute atomic E-state index is 0.265. The Morgan fingerprint density at radius 1 is 1.59 bits per heavy atom. The number of rotatable bonds is 3. The van der Waals surface area contributed by atoms with Crippen molar-refractivity contribution in [2.24, 2.45) is 0 Å². The molecule has 0 saturated heterocycles. The summed E-state index contributed by atoms with van der Waals surface area (Å²) in [6.45, 7) is 2.51. The number of carbonyl (C=O) groups is 1. The molecule has 0 aliphatic carbocycles. The van der Waals surface area contributed by atoms with Crippen LogP contribution in [0, 0.1) is 5.82 Å². The van der Waals surface area contributed by atoms with Crippen molar-refractivity contribution in [2.75, 3.05) is 0 Å². The van der Waals surface area contributed by atoms with Crippen molar-refractivity contribution in [3.63, 3.8) is 0 Å². The lowest BCUT2D eigenvalue weighted by molar-refractivity contribution is 0.112. The van der Waals surface area contributed by atoms with Gasteiger partial charge in [-0.05, 0) is 28.9 Å². The molecule has 17 heavy (non-hydrogen) atoms. The molecule has 2 heterocycles. The zero-order valence-electron chi connectivity index (χ0n) is 9.02. The molecule has 2 aromatic rings. The Kier molecular flexibility index (Phi) is 3.33. The minimum atomic E-state index is -0.502. The second kappa shape index (κ2) is 4.75. The Balaban J connectivity index is 2.62. The van der Waals surface area contributed by atoms with Crippen LogP contribution in [0.15, 0.2) is 23.1 Å². The first kappa shape index (κ1) is 11.9. The zero-order chi connectivity index (χ0) is 12.4. The molecule has 0 aliphatic heterocycles. The van der Waals surface area contributed by atoms with E-state index in [1.165, 1.54) is 6.07 Å². The van der Waals surface area contributed by atoms with E-state index in [1.807, 2.05) is 6.92 Å². The maximum atomic E-state index is 13.6. The Bertz CT molecular complexity index is 568. The summed E-state index contributed by atoms with van der Waals surface area (Å²) in [4.78, 5) is 14.7. The van der Waals surface area contributed by atoms with Crippen LogP contribution < -0.4 is 0 Å². The predicted octanol–water partition coefficient (Wildman–Crippen LogP) is 2.68. The van der Waals surface area contributed by atoms with Crippen molar-refractivity contribution in [2.45, 2.75) is 13.5 Å². The molecule has 0 amide bonds. The molecule has 2 aromatic heterocycles. The number of nitrogens with zero attached hydrogens (tertiary/aromatic N) is 3. The number of hydrogen-bond acceptors (Lipinski definition) is 3. The van der Waals surface area contributed by atoms with Crippen LogP contribution in [0.4, 0.5) is 4.39 Å². The summed E-state index contributed by atoms with van der Waals surface area (Å²) in [5.41, 5.74) is 0.965. The molecule has 0 saturated carbocycles. The van der Waals surface area contributed by atoms with Crippen LogP contribution in [0.3, 0.4) is 0 Å². The quantitative estimate of drug-likeness (QED) is 0.646. The van der Waals surface area contributed by atoms with Crippen LogP contribution in [-0.2, 0) is 6.54 Å². The third-order valence-electron chi connectivity index (χ3n) is 2.32. The fraction of sp³-hybridized carbons (Fsp3) is 0.182. The number of halogens is 2. The molecule has 0 aliphatic rings. The second-order valence-electron chi connectivity index (χ2n) is 3.39. The summed E-state index contributed by atoms with van der Waals surface area (Å²) in [5, 5.41) is 4.17. The van der Waals surface area contributed by atoms with Gasteiger partial charge in [0.05, 0.1) is 11.8 Å². The molecular formula is C11H9BrFN3O. The highest BCUT2D eigenvalue weighted by molar-refractivity contribution is 9.10. The van der Waals surface area contributed by atoms with Crippen molar-refractivity contribution >= 4 is 22.2 Å². The molecule has 0 unspecified atom stereocenters. The molecule has 0 radical (unpaired) electrons. The molecule has 0 spiro atoms. The first-order valence-corrected chi connectivity index (χ1v) is 5.79. The molecule has 0 N–H and O–H groups in total. The largest absolute Gasteiger partial charge is 0.298 e. The van der Waals surface area contributed by atoms with E-state index in [1.54, 1.807) is 10.9 Å². The van der Waals surface area contributed by atoms with Crippen molar-refractivity contribution in [1.82, 2.24) is 14.8 Å². The Labute approximate surface area is 106 Å². The van der Waals surface area contributed by atoms with E-state index in [2.05, 4.69) is 26.0 Å². The van der Waals surface area contributed by atoms with Crippen molar-refractivity contribution in [1.29, 1.82) is 0 Å². The number of aromatic nitrogens is 3. The minimum Gasteiger partial charge on any atom is -0.298 e.